The average molecular weight is 432 g/mol. The predicted molar refractivity (Wildman–Crippen MR) is 118 cm³/mol. The Bertz CT molecular complexity index is 1130. The molecule has 3 aromatic rings. The van der Waals surface area contributed by atoms with Gasteiger partial charge >= 0.3 is 0 Å². The van der Waals surface area contributed by atoms with E-state index in [1.807, 2.05) is 25.1 Å². The molecule has 1 aliphatic heterocycles. The first-order chi connectivity index (χ1) is 15.5. The highest BCUT2D eigenvalue weighted by atomic mass is 16.5. The topological polar surface area (TPSA) is 95.6 Å². The number of rotatable bonds is 5. The molecule has 1 aliphatic rings. The molecule has 4 rings (SSSR count). The van der Waals surface area contributed by atoms with E-state index in [9.17, 15) is 14.4 Å². The van der Waals surface area contributed by atoms with Crippen LogP contribution in [0.4, 0.5) is 0 Å². The van der Waals surface area contributed by atoms with Gasteiger partial charge < -0.3 is 14.5 Å². The average Bonchev–Trinajstić information content (AvgIpc) is 3.37. The third-order valence-electron chi connectivity index (χ3n) is 5.63. The lowest BCUT2D eigenvalue weighted by molar-refractivity contribution is -0.130. The Morgan fingerprint density at radius 3 is 2.47 bits per heavy atom. The number of Topliss-reactive ketones (excluding diaryl/α,β-unsaturated/α-hetero) is 1. The molecule has 32 heavy (non-hydrogen) atoms. The van der Waals surface area contributed by atoms with Crippen molar-refractivity contribution in [1.82, 2.24) is 20.0 Å². The molecule has 164 valence electrons. The van der Waals surface area contributed by atoms with E-state index in [0.717, 1.165) is 5.56 Å². The molecule has 8 nitrogen and oxygen atoms in total. The molecule has 2 amide bonds. The number of amides is 2. The van der Waals surface area contributed by atoms with Gasteiger partial charge in [0.25, 0.3) is 17.6 Å². The van der Waals surface area contributed by atoms with Crippen molar-refractivity contribution in [1.29, 1.82) is 0 Å². The number of aromatic amines is 1. The summed E-state index contributed by atoms with van der Waals surface area (Å²) in [6, 6.07) is 15.4. The lowest BCUT2D eigenvalue weighted by atomic mass is 10.0. The van der Waals surface area contributed by atoms with Gasteiger partial charge in [0.2, 0.25) is 0 Å². The van der Waals surface area contributed by atoms with Crippen molar-refractivity contribution < 1.29 is 19.1 Å². The number of nitrogens with one attached hydrogen (secondary N) is 1. The van der Waals surface area contributed by atoms with Gasteiger partial charge in [0, 0.05) is 48.6 Å². The summed E-state index contributed by atoms with van der Waals surface area (Å²) < 4.78 is 5.41. The van der Waals surface area contributed by atoms with Crippen LogP contribution in [0.2, 0.25) is 0 Å². The van der Waals surface area contributed by atoms with Crippen LogP contribution in [0.5, 0.6) is 5.75 Å². The second-order valence-electron chi connectivity index (χ2n) is 7.67. The third kappa shape index (κ3) is 4.12. The molecule has 1 N–H and O–H groups in total. The molecule has 1 atom stereocenters. The number of carbonyl (C=O) groups excluding carboxylic acids is 3. The maximum Gasteiger partial charge on any atom is 0.295 e. The van der Waals surface area contributed by atoms with Crippen LogP contribution in [0.15, 0.2) is 60.8 Å². The summed E-state index contributed by atoms with van der Waals surface area (Å²) in [6.45, 7) is 2.89. The molecule has 2 heterocycles. The Hall–Kier alpha value is -3.94. The van der Waals surface area contributed by atoms with Gasteiger partial charge in [-0.25, -0.2) is 0 Å². The molecule has 8 heteroatoms. The number of ether oxygens (including phenoxy) is 1. The first-order valence-corrected chi connectivity index (χ1v) is 10.4. The predicted octanol–water partition coefficient (Wildman–Crippen LogP) is 2.64. The van der Waals surface area contributed by atoms with Crippen molar-refractivity contribution in [2.75, 3.05) is 26.7 Å². The van der Waals surface area contributed by atoms with Crippen LogP contribution in [0, 0.1) is 0 Å². The van der Waals surface area contributed by atoms with Gasteiger partial charge in [-0.15, -0.1) is 0 Å². The number of hydrogen-bond donors (Lipinski definition) is 1. The summed E-state index contributed by atoms with van der Waals surface area (Å²) >= 11 is 0. The van der Waals surface area contributed by atoms with Crippen LogP contribution in [0.25, 0.3) is 11.3 Å². The smallest absolute Gasteiger partial charge is 0.295 e. The summed E-state index contributed by atoms with van der Waals surface area (Å²) in [5.41, 5.74) is 2.26. The number of hydrogen-bond acceptors (Lipinski definition) is 5. The fourth-order valence-corrected chi connectivity index (χ4v) is 3.92. The van der Waals surface area contributed by atoms with Crippen LogP contribution < -0.4 is 4.74 Å². The summed E-state index contributed by atoms with van der Waals surface area (Å²) in [5.74, 6) is -0.804. The number of H-pyrrole nitrogens is 1. The maximum atomic E-state index is 13.0. The van der Waals surface area contributed by atoms with Gasteiger partial charge in [-0.1, -0.05) is 18.2 Å². The molecule has 0 spiro atoms. The molecular weight excluding hydrogens is 408 g/mol. The number of piperazine rings is 1. The fourth-order valence-electron chi connectivity index (χ4n) is 3.92. The number of methoxy groups -OCH3 is 1. The third-order valence-corrected chi connectivity index (χ3v) is 5.63. The Balaban J connectivity index is 1.46. The molecular formula is C24H24N4O4. The summed E-state index contributed by atoms with van der Waals surface area (Å²) in [4.78, 5) is 41.9. The standard InChI is InChI=1S/C24H24N4O4/c1-16-15-27(23(30)17-6-4-3-5-7-17)12-13-28(16)24(31)22(29)18-8-9-19(21(14-18)32-2)20-10-11-25-26-20/h3-11,14,16H,12-13,15H2,1-2H3,(H,25,26)/t16-/m1/s1. The molecule has 0 bridgehead atoms. The van der Waals surface area contributed by atoms with Crippen molar-refractivity contribution in [2.45, 2.75) is 13.0 Å². The second kappa shape index (κ2) is 9.05. The van der Waals surface area contributed by atoms with Crippen LogP contribution >= 0.6 is 0 Å². The van der Waals surface area contributed by atoms with Crippen LogP contribution in [0.1, 0.15) is 27.6 Å². The molecule has 1 aromatic heterocycles. The van der Waals surface area contributed by atoms with E-state index in [-0.39, 0.29) is 17.5 Å². The zero-order valence-electron chi connectivity index (χ0n) is 17.9. The minimum absolute atomic E-state index is 0.0745. The number of benzene rings is 2. The first kappa shape index (κ1) is 21.3. The number of ketones is 1. The van der Waals surface area contributed by atoms with E-state index in [4.69, 9.17) is 4.74 Å². The molecule has 2 aromatic carbocycles. The zero-order valence-corrected chi connectivity index (χ0v) is 17.9. The van der Waals surface area contributed by atoms with E-state index in [2.05, 4.69) is 10.2 Å². The van der Waals surface area contributed by atoms with Crippen molar-refractivity contribution in [3.8, 4) is 17.0 Å². The number of carbonyl (C=O) groups is 3. The number of nitrogens with zero attached hydrogens (tertiary/aromatic N) is 3. The van der Waals surface area contributed by atoms with Crippen LogP contribution in [-0.4, -0.2) is 70.4 Å². The summed E-state index contributed by atoms with van der Waals surface area (Å²) in [5, 5.41) is 6.88. The largest absolute Gasteiger partial charge is 0.496 e. The van der Waals surface area contributed by atoms with Crippen LogP contribution in [0.3, 0.4) is 0 Å². The highest BCUT2D eigenvalue weighted by Gasteiger charge is 2.33. The zero-order chi connectivity index (χ0) is 22.7. The highest BCUT2D eigenvalue weighted by molar-refractivity contribution is 6.42. The van der Waals surface area contributed by atoms with E-state index in [1.54, 1.807) is 47.5 Å². The Labute approximate surface area is 185 Å². The molecule has 0 radical (unpaired) electrons. The van der Waals surface area contributed by atoms with E-state index in [0.29, 0.717) is 36.6 Å². The first-order valence-electron chi connectivity index (χ1n) is 10.4. The van der Waals surface area contributed by atoms with Gasteiger partial charge in [0.05, 0.1) is 12.8 Å². The van der Waals surface area contributed by atoms with E-state index < -0.39 is 11.7 Å². The normalized spacial score (nSPS) is 16.0. The molecule has 1 fully saturated rings. The van der Waals surface area contributed by atoms with Crippen molar-refractivity contribution in [3.63, 3.8) is 0 Å². The van der Waals surface area contributed by atoms with Gasteiger partial charge in [-0.2, -0.15) is 5.10 Å². The van der Waals surface area contributed by atoms with Crippen molar-refractivity contribution in [2.24, 2.45) is 0 Å². The molecule has 1 saturated heterocycles. The number of aromatic nitrogens is 2. The Morgan fingerprint density at radius 1 is 1.03 bits per heavy atom. The summed E-state index contributed by atoms with van der Waals surface area (Å²) in [7, 11) is 1.51. The fraction of sp³-hybridized carbons (Fsp3) is 0.250. The monoisotopic (exact) mass is 432 g/mol. The van der Waals surface area contributed by atoms with E-state index >= 15 is 0 Å². The minimum Gasteiger partial charge on any atom is -0.496 e. The van der Waals surface area contributed by atoms with Crippen molar-refractivity contribution >= 4 is 17.6 Å². The lowest BCUT2D eigenvalue weighted by Gasteiger charge is -2.39. The van der Waals surface area contributed by atoms with Gasteiger partial charge in [0.1, 0.15) is 5.75 Å². The highest BCUT2D eigenvalue weighted by Crippen LogP contribution is 2.29. The van der Waals surface area contributed by atoms with Gasteiger partial charge in [-0.3, -0.25) is 19.5 Å². The lowest BCUT2D eigenvalue weighted by Crippen LogP contribution is -2.56. The van der Waals surface area contributed by atoms with Crippen LogP contribution in [-0.2, 0) is 4.79 Å². The maximum absolute atomic E-state index is 13.0. The Kier molecular flexibility index (Phi) is 6.02. The molecule has 0 saturated carbocycles. The van der Waals surface area contributed by atoms with Gasteiger partial charge in [0.15, 0.2) is 0 Å². The van der Waals surface area contributed by atoms with Gasteiger partial charge in [-0.05, 0) is 43.3 Å². The minimum atomic E-state index is -0.605. The quantitative estimate of drug-likeness (QED) is 0.494. The van der Waals surface area contributed by atoms with E-state index in [1.165, 1.54) is 12.0 Å². The molecule has 0 unspecified atom stereocenters. The SMILES string of the molecule is COc1cc(C(=O)C(=O)N2CCN(C(=O)c3ccccc3)C[C@H]2C)ccc1-c1cc[nH]n1. The second-order valence-corrected chi connectivity index (χ2v) is 7.67. The Morgan fingerprint density at radius 2 is 1.81 bits per heavy atom. The summed E-state index contributed by atoms with van der Waals surface area (Å²) in [6.07, 6.45) is 1.70. The molecule has 0 aliphatic carbocycles. The van der Waals surface area contributed by atoms with Crippen molar-refractivity contribution in [3.05, 3.63) is 71.9 Å².